The number of aryl methyl sites for hydroxylation is 1. The predicted octanol–water partition coefficient (Wildman–Crippen LogP) is 2.14. The second kappa shape index (κ2) is 10.4. The highest BCUT2D eigenvalue weighted by Gasteiger charge is 2.14. The van der Waals surface area contributed by atoms with E-state index in [9.17, 15) is 4.79 Å². The first-order valence-electron chi connectivity index (χ1n) is 7.70. The molecule has 2 N–H and O–H groups in total. The van der Waals surface area contributed by atoms with E-state index >= 15 is 0 Å². The fraction of sp³-hybridized carbons (Fsp3) is 0.588. The number of carbonyl (C=O) groups is 1. The minimum atomic E-state index is -0.168. The zero-order valence-corrected chi connectivity index (χ0v) is 13.4. The lowest BCUT2D eigenvalue weighted by Gasteiger charge is -2.19. The van der Waals surface area contributed by atoms with Gasteiger partial charge in [0.25, 0.3) is 0 Å². The molecule has 0 fully saturated rings. The summed E-state index contributed by atoms with van der Waals surface area (Å²) in [7, 11) is 1.67. The Morgan fingerprint density at radius 2 is 1.95 bits per heavy atom. The summed E-state index contributed by atoms with van der Waals surface area (Å²) in [6.45, 7) is 5.37. The Kier molecular flexibility index (Phi) is 8.71. The van der Waals surface area contributed by atoms with Crippen molar-refractivity contribution in [3.8, 4) is 0 Å². The number of benzene rings is 1. The SMILES string of the molecule is COCCCNC(=O)C(C)NC(C)CCc1ccccc1. The van der Waals surface area contributed by atoms with Gasteiger partial charge in [-0.25, -0.2) is 0 Å². The normalized spacial score (nSPS) is 13.7. The molecule has 0 heterocycles. The van der Waals surface area contributed by atoms with Crippen LogP contribution in [0.1, 0.15) is 32.3 Å². The first-order chi connectivity index (χ1) is 10.1. The van der Waals surface area contributed by atoms with E-state index in [0.717, 1.165) is 19.3 Å². The van der Waals surface area contributed by atoms with Crippen LogP contribution in [0, 0.1) is 0 Å². The summed E-state index contributed by atoms with van der Waals surface area (Å²) >= 11 is 0. The van der Waals surface area contributed by atoms with Crippen LogP contribution in [0.3, 0.4) is 0 Å². The number of rotatable bonds is 10. The third kappa shape index (κ3) is 7.83. The van der Waals surface area contributed by atoms with E-state index in [1.54, 1.807) is 7.11 Å². The van der Waals surface area contributed by atoms with E-state index in [4.69, 9.17) is 4.74 Å². The number of hydrogen-bond acceptors (Lipinski definition) is 3. The van der Waals surface area contributed by atoms with Gasteiger partial charge >= 0.3 is 0 Å². The maximum Gasteiger partial charge on any atom is 0.236 e. The van der Waals surface area contributed by atoms with Gasteiger partial charge in [-0.1, -0.05) is 30.3 Å². The van der Waals surface area contributed by atoms with E-state index in [1.165, 1.54) is 5.56 Å². The summed E-state index contributed by atoms with van der Waals surface area (Å²) in [4.78, 5) is 11.9. The Hall–Kier alpha value is -1.39. The number of hydrogen-bond donors (Lipinski definition) is 2. The quantitative estimate of drug-likeness (QED) is 0.650. The lowest BCUT2D eigenvalue weighted by atomic mass is 10.1. The van der Waals surface area contributed by atoms with Crippen molar-refractivity contribution in [3.63, 3.8) is 0 Å². The Balaban J connectivity index is 2.20. The fourth-order valence-electron chi connectivity index (χ4n) is 2.19. The van der Waals surface area contributed by atoms with E-state index in [1.807, 2.05) is 13.0 Å². The average molecular weight is 292 g/mol. The van der Waals surface area contributed by atoms with Crippen molar-refractivity contribution in [2.24, 2.45) is 0 Å². The topological polar surface area (TPSA) is 50.4 Å². The average Bonchev–Trinajstić information content (AvgIpc) is 2.50. The van der Waals surface area contributed by atoms with Crippen LogP contribution in [0.4, 0.5) is 0 Å². The molecule has 0 radical (unpaired) electrons. The molecule has 0 aliphatic carbocycles. The summed E-state index contributed by atoms with van der Waals surface area (Å²) in [6, 6.07) is 10.6. The van der Waals surface area contributed by atoms with Crippen molar-refractivity contribution in [2.75, 3.05) is 20.3 Å². The van der Waals surface area contributed by atoms with Crippen LogP contribution >= 0.6 is 0 Å². The second-order valence-electron chi connectivity index (χ2n) is 5.45. The molecule has 2 unspecified atom stereocenters. The molecule has 0 saturated carbocycles. The molecule has 0 aliphatic heterocycles. The number of methoxy groups -OCH3 is 1. The van der Waals surface area contributed by atoms with Gasteiger partial charge in [0.15, 0.2) is 0 Å². The van der Waals surface area contributed by atoms with Crippen LogP contribution in [0.25, 0.3) is 0 Å². The van der Waals surface area contributed by atoms with Crippen molar-refractivity contribution in [1.82, 2.24) is 10.6 Å². The van der Waals surface area contributed by atoms with Gasteiger partial charge in [0.1, 0.15) is 0 Å². The molecule has 0 saturated heterocycles. The first kappa shape index (κ1) is 17.7. The number of ether oxygens (including phenoxy) is 1. The van der Waals surface area contributed by atoms with Gasteiger partial charge in [0.2, 0.25) is 5.91 Å². The number of carbonyl (C=O) groups excluding carboxylic acids is 1. The van der Waals surface area contributed by atoms with Crippen molar-refractivity contribution < 1.29 is 9.53 Å². The summed E-state index contributed by atoms with van der Waals surface area (Å²) in [5.74, 6) is 0.0534. The van der Waals surface area contributed by atoms with Crippen LogP contribution < -0.4 is 10.6 Å². The summed E-state index contributed by atoms with van der Waals surface area (Å²) in [5.41, 5.74) is 1.34. The minimum absolute atomic E-state index is 0.0534. The maximum absolute atomic E-state index is 11.9. The Labute approximate surface area is 128 Å². The van der Waals surface area contributed by atoms with Crippen LogP contribution in [0.2, 0.25) is 0 Å². The van der Waals surface area contributed by atoms with Gasteiger partial charge in [-0.05, 0) is 38.7 Å². The van der Waals surface area contributed by atoms with Crippen LogP contribution in [0.15, 0.2) is 30.3 Å². The van der Waals surface area contributed by atoms with Gasteiger partial charge in [-0.15, -0.1) is 0 Å². The zero-order chi connectivity index (χ0) is 15.5. The molecule has 1 amide bonds. The summed E-state index contributed by atoms with van der Waals surface area (Å²) in [5, 5.41) is 6.26. The van der Waals surface area contributed by atoms with Crippen molar-refractivity contribution in [3.05, 3.63) is 35.9 Å². The standard InChI is InChI=1S/C17H28N2O2/c1-14(10-11-16-8-5-4-6-9-16)19-15(2)17(20)18-12-7-13-21-3/h4-6,8-9,14-15,19H,7,10-13H2,1-3H3,(H,18,20). The number of nitrogens with one attached hydrogen (secondary N) is 2. The molecule has 1 rings (SSSR count). The molecule has 118 valence electrons. The lowest BCUT2D eigenvalue weighted by Crippen LogP contribution is -2.46. The van der Waals surface area contributed by atoms with E-state index in [2.05, 4.69) is 41.8 Å². The molecule has 1 aromatic rings. The fourth-order valence-corrected chi connectivity index (χ4v) is 2.19. The largest absolute Gasteiger partial charge is 0.385 e. The van der Waals surface area contributed by atoms with Gasteiger partial charge in [-0.3, -0.25) is 4.79 Å². The molecule has 2 atom stereocenters. The molecule has 0 aromatic heterocycles. The molecule has 0 spiro atoms. The third-order valence-electron chi connectivity index (χ3n) is 3.46. The van der Waals surface area contributed by atoms with E-state index < -0.39 is 0 Å². The van der Waals surface area contributed by atoms with Crippen molar-refractivity contribution in [1.29, 1.82) is 0 Å². The van der Waals surface area contributed by atoms with E-state index in [-0.39, 0.29) is 11.9 Å². The van der Waals surface area contributed by atoms with Crippen LogP contribution in [-0.2, 0) is 16.0 Å². The van der Waals surface area contributed by atoms with Gasteiger partial charge in [0, 0.05) is 26.3 Å². The molecular weight excluding hydrogens is 264 g/mol. The molecule has 0 aliphatic rings. The van der Waals surface area contributed by atoms with Crippen LogP contribution in [-0.4, -0.2) is 38.3 Å². The monoisotopic (exact) mass is 292 g/mol. The predicted molar refractivity (Wildman–Crippen MR) is 86.3 cm³/mol. The Bertz CT molecular complexity index is 395. The molecule has 4 heteroatoms. The van der Waals surface area contributed by atoms with Gasteiger partial charge in [0.05, 0.1) is 6.04 Å². The van der Waals surface area contributed by atoms with Gasteiger partial charge in [-0.2, -0.15) is 0 Å². The first-order valence-corrected chi connectivity index (χ1v) is 7.70. The smallest absolute Gasteiger partial charge is 0.236 e. The molecular formula is C17H28N2O2. The minimum Gasteiger partial charge on any atom is -0.385 e. The molecule has 4 nitrogen and oxygen atoms in total. The third-order valence-corrected chi connectivity index (χ3v) is 3.46. The summed E-state index contributed by atoms with van der Waals surface area (Å²) in [6.07, 6.45) is 2.89. The molecule has 0 bridgehead atoms. The highest BCUT2D eigenvalue weighted by Crippen LogP contribution is 2.05. The zero-order valence-electron chi connectivity index (χ0n) is 13.4. The van der Waals surface area contributed by atoms with E-state index in [0.29, 0.717) is 19.2 Å². The molecule has 21 heavy (non-hydrogen) atoms. The highest BCUT2D eigenvalue weighted by molar-refractivity contribution is 5.81. The molecule has 1 aromatic carbocycles. The Morgan fingerprint density at radius 3 is 2.62 bits per heavy atom. The van der Waals surface area contributed by atoms with Crippen molar-refractivity contribution in [2.45, 2.75) is 45.2 Å². The highest BCUT2D eigenvalue weighted by atomic mass is 16.5. The van der Waals surface area contributed by atoms with Gasteiger partial charge < -0.3 is 15.4 Å². The second-order valence-corrected chi connectivity index (χ2v) is 5.45. The summed E-state index contributed by atoms with van der Waals surface area (Å²) < 4.78 is 4.96. The Morgan fingerprint density at radius 1 is 1.24 bits per heavy atom. The number of amides is 1. The maximum atomic E-state index is 11.9. The van der Waals surface area contributed by atoms with Crippen molar-refractivity contribution >= 4 is 5.91 Å². The van der Waals surface area contributed by atoms with Crippen LogP contribution in [0.5, 0.6) is 0 Å². The lowest BCUT2D eigenvalue weighted by molar-refractivity contribution is -0.122.